The van der Waals surface area contributed by atoms with Crippen molar-refractivity contribution in [2.45, 2.75) is 18.9 Å². The lowest BCUT2D eigenvalue weighted by atomic mass is 10.1. The highest BCUT2D eigenvalue weighted by molar-refractivity contribution is 6.33. The highest BCUT2D eigenvalue weighted by Gasteiger charge is 2.23. The molecule has 126 valence electrons. The van der Waals surface area contributed by atoms with Gasteiger partial charge in [0.25, 0.3) is 0 Å². The Bertz CT molecular complexity index is 746. The molecule has 0 unspecified atom stereocenters. The van der Waals surface area contributed by atoms with E-state index in [0.29, 0.717) is 27.2 Å². The maximum Gasteiger partial charge on any atom is 0.250 e. The first kappa shape index (κ1) is 16.9. The molecule has 7 heteroatoms. The van der Waals surface area contributed by atoms with Gasteiger partial charge < -0.3 is 15.4 Å². The number of nitrogens with zero attached hydrogens (tertiary/aromatic N) is 2. The summed E-state index contributed by atoms with van der Waals surface area (Å²) in [6.45, 7) is 1.52. The summed E-state index contributed by atoms with van der Waals surface area (Å²) in [5.41, 5.74) is 5.54. The van der Waals surface area contributed by atoms with Gasteiger partial charge in [0.2, 0.25) is 5.91 Å². The van der Waals surface area contributed by atoms with Gasteiger partial charge in [0, 0.05) is 32.1 Å². The van der Waals surface area contributed by atoms with Gasteiger partial charge in [-0.05, 0) is 18.2 Å². The maximum atomic E-state index is 11.2. The Balaban J connectivity index is 1.63. The van der Waals surface area contributed by atoms with Gasteiger partial charge in [0.05, 0.1) is 15.6 Å². The fraction of sp³-hybridized carbons (Fsp3) is 0.294. The highest BCUT2D eigenvalue weighted by Crippen LogP contribution is 2.30. The number of ether oxygens (including phenoxy) is 1. The lowest BCUT2D eigenvalue weighted by molar-refractivity contribution is 0.1000. The summed E-state index contributed by atoms with van der Waals surface area (Å²) in [6.07, 6.45) is 3.22. The largest absolute Gasteiger partial charge is 0.489 e. The van der Waals surface area contributed by atoms with Crippen LogP contribution in [0.2, 0.25) is 10.0 Å². The molecule has 1 aromatic heterocycles. The van der Waals surface area contributed by atoms with Crippen molar-refractivity contribution >= 4 is 34.9 Å². The number of rotatable bonds is 4. The number of hydrogen-bond donors (Lipinski definition) is 1. The van der Waals surface area contributed by atoms with Gasteiger partial charge in [-0.1, -0.05) is 35.3 Å². The molecule has 1 amide bonds. The molecule has 2 N–H and O–H groups in total. The average molecular weight is 366 g/mol. The van der Waals surface area contributed by atoms with Crippen LogP contribution in [0.25, 0.3) is 0 Å². The number of carbonyl (C=O) groups excluding carboxylic acids is 1. The number of piperidine rings is 1. The summed E-state index contributed by atoms with van der Waals surface area (Å²) >= 11 is 12.4. The molecule has 0 aliphatic carbocycles. The number of nitrogens with two attached hydrogens (primary N) is 1. The molecule has 3 rings (SSSR count). The lowest BCUT2D eigenvalue weighted by Crippen LogP contribution is -2.39. The predicted molar refractivity (Wildman–Crippen MR) is 95.1 cm³/mol. The Kier molecular flexibility index (Phi) is 5.11. The van der Waals surface area contributed by atoms with E-state index in [4.69, 9.17) is 33.7 Å². The third kappa shape index (κ3) is 3.74. The molecular formula is C17H17Cl2N3O2. The monoisotopic (exact) mass is 365 g/mol. The molecule has 1 fully saturated rings. The van der Waals surface area contributed by atoms with Crippen molar-refractivity contribution in [1.82, 2.24) is 4.98 Å². The van der Waals surface area contributed by atoms with Crippen molar-refractivity contribution < 1.29 is 9.53 Å². The van der Waals surface area contributed by atoms with E-state index >= 15 is 0 Å². The number of para-hydroxylation sites is 1. The van der Waals surface area contributed by atoms with Gasteiger partial charge in [0.15, 0.2) is 0 Å². The molecule has 1 aliphatic heterocycles. The molecule has 0 bridgehead atoms. The Morgan fingerprint density at radius 2 is 1.92 bits per heavy atom. The SMILES string of the molecule is NC(=O)c1cnc(N2CCC(Oc3ccccc3Cl)CC2)c(Cl)c1. The van der Waals surface area contributed by atoms with Crippen LogP contribution in [0.4, 0.5) is 5.82 Å². The lowest BCUT2D eigenvalue weighted by Gasteiger charge is -2.33. The van der Waals surface area contributed by atoms with Crippen LogP contribution < -0.4 is 15.4 Å². The zero-order valence-electron chi connectivity index (χ0n) is 12.9. The predicted octanol–water partition coefficient (Wildman–Crippen LogP) is 3.54. The van der Waals surface area contributed by atoms with Crippen molar-refractivity contribution in [3.05, 3.63) is 52.1 Å². The van der Waals surface area contributed by atoms with Crippen LogP contribution in [0.5, 0.6) is 5.75 Å². The first-order chi connectivity index (χ1) is 11.5. The van der Waals surface area contributed by atoms with Crippen LogP contribution in [0, 0.1) is 0 Å². The molecule has 0 radical (unpaired) electrons. The number of anilines is 1. The van der Waals surface area contributed by atoms with Crippen LogP contribution in [0.3, 0.4) is 0 Å². The smallest absolute Gasteiger partial charge is 0.250 e. The van der Waals surface area contributed by atoms with Gasteiger partial charge in [-0.2, -0.15) is 0 Å². The third-order valence-corrected chi connectivity index (χ3v) is 4.57. The van der Waals surface area contributed by atoms with Crippen LogP contribution in [0.1, 0.15) is 23.2 Å². The fourth-order valence-corrected chi connectivity index (χ4v) is 3.17. The second kappa shape index (κ2) is 7.28. The first-order valence-electron chi connectivity index (χ1n) is 7.66. The number of primary amides is 1. The summed E-state index contributed by atoms with van der Waals surface area (Å²) in [4.78, 5) is 17.5. The highest BCUT2D eigenvalue weighted by atomic mass is 35.5. The molecule has 5 nitrogen and oxygen atoms in total. The minimum absolute atomic E-state index is 0.102. The molecule has 2 aromatic rings. The molecule has 0 spiro atoms. The Morgan fingerprint density at radius 1 is 1.21 bits per heavy atom. The van der Waals surface area contributed by atoms with Crippen molar-refractivity contribution in [3.8, 4) is 5.75 Å². The number of benzene rings is 1. The normalized spacial score (nSPS) is 15.3. The van der Waals surface area contributed by atoms with Gasteiger partial charge in [0.1, 0.15) is 17.7 Å². The van der Waals surface area contributed by atoms with Crippen LogP contribution in [-0.2, 0) is 0 Å². The quantitative estimate of drug-likeness (QED) is 0.899. The van der Waals surface area contributed by atoms with Crippen molar-refractivity contribution in [1.29, 1.82) is 0 Å². The summed E-state index contributed by atoms with van der Waals surface area (Å²) < 4.78 is 5.98. The number of hydrogen-bond acceptors (Lipinski definition) is 4. The zero-order valence-corrected chi connectivity index (χ0v) is 14.4. The number of pyridine rings is 1. The molecule has 1 aliphatic rings. The first-order valence-corrected chi connectivity index (χ1v) is 8.41. The second-order valence-electron chi connectivity index (χ2n) is 5.63. The molecule has 24 heavy (non-hydrogen) atoms. The van der Waals surface area contributed by atoms with Crippen molar-refractivity contribution in [3.63, 3.8) is 0 Å². The zero-order chi connectivity index (χ0) is 17.1. The molecule has 1 aromatic carbocycles. The van der Waals surface area contributed by atoms with E-state index in [1.54, 1.807) is 6.07 Å². The minimum atomic E-state index is -0.539. The molecule has 0 atom stereocenters. The Hall–Kier alpha value is -1.98. The topological polar surface area (TPSA) is 68.5 Å². The van der Waals surface area contributed by atoms with E-state index < -0.39 is 5.91 Å². The van der Waals surface area contributed by atoms with E-state index in [2.05, 4.69) is 9.88 Å². The fourth-order valence-electron chi connectivity index (χ4n) is 2.70. The number of amides is 1. The van der Waals surface area contributed by atoms with Gasteiger partial charge in [-0.25, -0.2) is 4.98 Å². The van der Waals surface area contributed by atoms with E-state index in [-0.39, 0.29) is 6.10 Å². The van der Waals surface area contributed by atoms with Gasteiger partial charge >= 0.3 is 0 Å². The van der Waals surface area contributed by atoms with Crippen LogP contribution >= 0.6 is 23.2 Å². The standard InChI is InChI=1S/C17H17Cl2N3O2/c18-13-3-1-2-4-15(13)24-12-5-7-22(8-6-12)17-14(19)9-11(10-21-17)16(20)23/h1-4,9-10,12H,5-8H2,(H2,20,23). The van der Waals surface area contributed by atoms with Crippen LogP contribution in [0.15, 0.2) is 36.5 Å². The number of aromatic nitrogens is 1. The Labute approximate surface area is 150 Å². The molecule has 0 saturated carbocycles. The van der Waals surface area contributed by atoms with E-state index in [9.17, 15) is 4.79 Å². The summed E-state index contributed by atoms with van der Waals surface area (Å²) in [5, 5.41) is 1.04. The van der Waals surface area contributed by atoms with E-state index in [1.807, 2.05) is 24.3 Å². The number of carbonyl (C=O) groups is 1. The van der Waals surface area contributed by atoms with E-state index in [1.165, 1.54) is 6.20 Å². The average Bonchev–Trinajstić information content (AvgIpc) is 2.58. The molecule has 2 heterocycles. The molecule has 1 saturated heterocycles. The minimum Gasteiger partial charge on any atom is -0.489 e. The van der Waals surface area contributed by atoms with Gasteiger partial charge in [-0.3, -0.25) is 4.79 Å². The summed E-state index contributed by atoms with van der Waals surface area (Å²) in [5.74, 6) is 0.834. The van der Waals surface area contributed by atoms with Crippen molar-refractivity contribution in [2.75, 3.05) is 18.0 Å². The second-order valence-corrected chi connectivity index (χ2v) is 6.44. The summed E-state index contributed by atoms with van der Waals surface area (Å²) in [7, 11) is 0. The summed E-state index contributed by atoms with van der Waals surface area (Å²) in [6, 6.07) is 9.02. The third-order valence-electron chi connectivity index (χ3n) is 3.98. The van der Waals surface area contributed by atoms with Crippen LogP contribution in [-0.4, -0.2) is 30.1 Å². The van der Waals surface area contributed by atoms with Crippen molar-refractivity contribution in [2.24, 2.45) is 5.73 Å². The number of halogens is 2. The maximum absolute atomic E-state index is 11.2. The van der Waals surface area contributed by atoms with Gasteiger partial charge in [-0.15, -0.1) is 0 Å². The van der Waals surface area contributed by atoms with E-state index in [0.717, 1.165) is 25.9 Å². The molecular weight excluding hydrogens is 349 g/mol. The Morgan fingerprint density at radius 3 is 2.54 bits per heavy atom.